The van der Waals surface area contributed by atoms with E-state index >= 15 is 0 Å². The molecule has 0 spiro atoms. The van der Waals surface area contributed by atoms with Gasteiger partial charge in [0.25, 0.3) is 0 Å². The van der Waals surface area contributed by atoms with Gasteiger partial charge in [0.1, 0.15) is 17.4 Å². The van der Waals surface area contributed by atoms with Crippen molar-refractivity contribution in [2.75, 3.05) is 0 Å². The van der Waals surface area contributed by atoms with Crippen molar-refractivity contribution in [1.29, 1.82) is 0 Å². The van der Waals surface area contributed by atoms with Crippen LogP contribution in [0.1, 0.15) is 32.7 Å². The lowest BCUT2D eigenvalue weighted by molar-refractivity contribution is -0.121. The zero-order valence-electron chi connectivity index (χ0n) is 16.9. The van der Waals surface area contributed by atoms with E-state index in [1.165, 1.54) is 16.9 Å². The Bertz CT molecular complexity index is 1120. The molecule has 31 heavy (non-hydrogen) atoms. The summed E-state index contributed by atoms with van der Waals surface area (Å²) in [6.07, 6.45) is 0.219. The van der Waals surface area contributed by atoms with E-state index in [0.717, 1.165) is 26.9 Å². The number of carbonyl (C=O) groups excluding carboxylic acids is 1. The Morgan fingerprint density at radius 1 is 1.10 bits per heavy atom. The molecule has 0 fully saturated rings. The first-order valence-electron chi connectivity index (χ1n) is 9.78. The number of carbonyl (C=O) groups is 1. The van der Waals surface area contributed by atoms with Crippen LogP contribution in [0.3, 0.4) is 0 Å². The minimum Gasteiger partial charge on any atom is -0.486 e. The highest BCUT2D eigenvalue weighted by Gasteiger charge is 2.19. The number of amides is 1. The van der Waals surface area contributed by atoms with E-state index in [9.17, 15) is 4.79 Å². The average molecular weight is 469 g/mol. The number of benzene rings is 2. The molecule has 0 bridgehead atoms. The number of thiazole rings is 1. The van der Waals surface area contributed by atoms with Crippen LogP contribution in [0, 0.1) is 6.92 Å². The van der Waals surface area contributed by atoms with Crippen LogP contribution in [0.25, 0.3) is 0 Å². The Morgan fingerprint density at radius 2 is 1.87 bits per heavy atom. The summed E-state index contributed by atoms with van der Waals surface area (Å²) < 4.78 is 5.78. The van der Waals surface area contributed by atoms with Crippen LogP contribution in [0.5, 0.6) is 5.75 Å². The summed E-state index contributed by atoms with van der Waals surface area (Å²) in [6.45, 7) is 2.43. The molecule has 1 unspecified atom stereocenters. The molecule has 0 aliphatic heterocycles. The molecular weight excluding hydrogens is 448 g/mol. The number of nitrogens with zero attached hydrogens (tertiary/aromatic N) is 1. The smallest absolute Gasteiger partial charge is 0.226 e. The highest BCUT2D eigenvalue weighted by atomic mass is 35.5. The number of hydrogen-bond donors (Lipinski definition) is 1. The third-order valence-electron chi connectivity index (χ3n) is 4.66. The van der Waals surface area contributed by atoms with Gasteiger partial charge in [-0.25, -0.2) is 4.98 Å². The first kappa shape index (κ1) is 21.6. The summed E-state index contributed by atoms with van der Waals surface area (Å²) in [5.41, 5.74) is 2.92. The van der Waals surface area contributed by atoms with Crippen LogP contribution in [-0.2, 0) is 17.8 Å². The molecule has 4 nitrogen and oxygen atoms in total. The molecule has 1 atom stereocenters. The van der Waals surface area contributed by atoms with Gasteiger partial charge in [0.05, 0.1) is 18.2 Å². The first-order chi connectivity index (χ1) is 15.1. The van der Waals surface area contributed by atoms with E-state index in [-0.39, 0.29) is 18.4 Å². The van der Waals surface area contributed by atoms with Crippen LogP contribution in [0.15, 0.2) is 71.4 Å². The van der Waals surface area contributed by atoms with Crippen LogP contribution in [0.4, 0.5) is 0 Å². The van der Waals surface area contributed by atoms with E-state index in [0.29, 0.717) is 11.6 Å². The van der Waals surface area contributed by atoms with Crippen molar-refractivity contribution in [1.82, 2.24) is 10.3 Å². The molecule has 158 valence electrons. The van der Waals surface area contributed by atoms with Crippen molar-refractivity contribution in [3.63, 3.8) is 0 Å². The summed E-state index contributed by atoms with van der Waals surface area (Å²) in [7, 11) is 0. The summed E-state index contributed by atoms with van der Waals surface area (Å²) in [5, 5.41) is 8.57. The third kappa shape index (κ3) is 5.94. The number of nitrogens with one attached hydrogen (secondary N) is 1. The van der Waals surface area contributed by atoms with Crippen LogP contribution in [-0.4, -0.2) is 10.9 Å². The molecule has 0 aliphatic rings. The molecule has 0 saturated carbocycles. The van der Waals surface area contributed by atoms with Crippen molar-refractivity contribution in [3.8, 4) is 5.75 Å². The van der Waals surface area contributed by atoms with Crippen LogP contribution >= 0.6 is 34.3 Å². The topological polar surface area (TPSA) is 51.2 Å². The second kappa shape index (κ2) is 10.1. The van der Waals surface area contributed by atoms with Gasteiger partial charge >= 0.3 is 0 Å². The van der Waals surface area contributed by atoms with E-state index in [4.69, 9.17) is 16.3 Å². The fourth-order valence-corrected chi connectivity index (χ4v) is 4.72. The van der Waals surface area contributed by atoms with Gasteiger partial charge in [-0.15, -0.1) is 22.7 Å². The van der Waals surface area contributed by atoms with Gasteiger partial charge in [-0.1, -0.05) is 47.5 Å². The van der Waals surface area contributed by atoms with Crippen molar-refractivity contribution < 1.29 is 9.53 Å². The molecule has 2 aromatic carbocycles. The highest BCUT2D eigenvalue weighted by Crippen LogP contribution is 2.27. The number of hydrogen-bond acceptors (Lipinski definition) is 5. The minimum absolute atomic E-state index is 0.0790. The fraction of sp³-hybridized carbons (Fsp3) is 0.167. The molecule has 4 aromatic rings. The molecule has 2 aromatic heterocycles. The van der Waals surface area contributed by atoms with E-state index in [1.54, 1.807) is 11.3 Å². The number of rotatable bonds is 8. The van der Waals surface area contributed by atoms with Gasteiger partial charge in [0.15, 0.2) is 0 Å². The van der Waals surface area contributed by atoms with Gasteiger partial charge < -0.3 is 10.1 Å². The van der Waals surface area contributed by atoms with Gasteiger partial charge in [-0.2, -0.15) is 0 Å². The maximum atomic E-state index is 12.8. The summed E-state index contributed by atoms with van der Waals surface area (Å²) in [6, 6.07) is 19.3. The summed E-state index contributed by atoms with van der Waals surface area (Å²) >= 11 is 9.14. The highest BCUT2D eigenvalue weighted by molar-refractivity contribution is 7.10. The van der Waals surface area contributed by atoms with Gasteiger partial charge in [0, 0.05) is 15.3 Å². The standard InChI is InChI=1S/C24H21ClN2O2S2/c1-16-4-10-20(11-5-16)29-14-23-26-19(15-31-23)13-22(28)27-24(21-3-2-12-30-21)17-6-8-18(25)9-7-17/h2-12,15,24H,13-14H2,1H3,(H,27,28). The van der Waals surface area contributed by atoms with Gasteiger partial charge in [-0.05, 0) is 48.2 Å². The molecule has 0 radical (unpaired) electrons. The molecule has 4 rings (SSSR count). The number of aromatic nitrogens is 1. The third-order valence-corrected chi connectivity index (χ3v) is 6.72. The lowest BCUT2D eigenvalue weighted by atomic mass is 10.1. The van der Waals surface area contributed by atoms with Crippen molar-refractivity contribution >= 4 is 40.2 Å². The number of aryl methyl sites for hydroxylation is 1. The maximum Gasteiger partial charge on any atom is 0.226 e. The molecule has 2 heterocycles. The lowest BCUT2D eigenvalue weighted by Crippen LogP contribution is -2.30. The molecule has 0 saturated heterocycles. The van der Waals surface area contributed by atoms with E-state index in [2.05, 4.69) is 10.3 Å². The number of halogens is 1. The normalized spacial score (nSPS) is 11.8. The van der Waals surface area contributed by atoms with Crippen LogP contribution in [0.2, 0.25) is 5.02 Å². The van der Waals surface area contributed by atoms with Crippen molar-refractivity contribution in [2.45, 2.75) is 26.0 Å². The van der Waals surface area contributed by atoms with Crippen molar-refractivity contribution in [2.24, 2.45) is 0 Å². The monoisotopic (exact) mass is 468 g/mol. The van der Waals surface area contributed by atoms with Crippen LogP contribution < -0.4 is 10.1 Å². The first-order valence-corrected chi connectivity index (χ1v) is 11.9. The Morgan fingerprint density at radius 3 is 2.58 bits per heavy atom. The zero-order valence-corrected chi connectivity index (χ0v) is 19.3. The lowest BCUT2D eigenvalue weighted by Gasteiger charge is -2.18. The van der Waals surface area contributed by atoms with E-state index < -0.39 is 0 Å². The second-order valence-electron chi connectivity index (χ2n) is 7.08. The Hall–Kier alpha value is -2.67. The Balaban J connectivity index is 1.38. The maximum absolute atomic E-state index is 12.8. The fourth-order valence-electron chi connectivity index (χ4n) is 3.08. The summed E-state index contributed by atoms with van der Waals surface area (Å²) in [5.74, 6) is 0.728. The average Bonchev–Trinajstić information content (AvgIpc) is 3.45. The molecule has 7 heteroatoms. The largest absolute Gasteiger partial charge is 0.486 e. The predicted octanol–water partition coefficient (Wildman–Crippen LogP) is 6.19. The molecule has 1 amide bonds. The van der Waals surface area contributed by atoms with Gasteiger partial charge in [-0.3, -0.25) is 4.79 Å². The Kier molecular flexibility index (Phi) is 7.02. The SMILES string of the molecule is Cc1ccc(OCc2nc(CC(=O)NC(c3ccc(Cl)cc3)c3cccs3)cs2)cc1. The second-order valence-corrected chi connectivity index (χ2v) is 9.44. The number of thiophene rings is 1. The Labute approximate surface area is 194 Å². The summed E-state index contributed by atoms with van der Waals surface area (Å²) in [4.78, 5) is 18.4. The molecule has 0 aliphatic carbocycles. The van der Waals surface area contributed by atoms with Gasteiger partial charge in [0.2, 0.25) is 5.91 Å². The van der Waals surface area contributed by atoms with E-state index in [1.807, 2.05) is 78.3 Å². The number of ether oxygens (including phenoxy) is 1. The molecular formula is C24H21ClN2O2S2. The molecule has 1 N–H and O–H groups in total. The zero-order chi connectivity index (χ0) is 21.6. The quantitative estimate of drug-likeness (QED) is 0.335. The predicted molar refractivity (Wildman–Crippen MR) is 127 cm³/mol. The minimum atomic E-state index is -0.215. The van der Waals surface area contributed by atoms with Crippen molar-refractivity contribution in [3.05, 3.63) is 103 Å².